The van der Waals surface area contributed by atoms with Crippen molar-refractivity contribution < 1.29 is 4.74 Å². The number of ether oxygens (including phenoxy) is 1. The molecule has 0 saturated carbocycles. The fourth-order valence-corrected chi connectivity index (χ4v) is 2.84. The van der Waals surface area contributed by atoms with Crippen LogP contribution in [0.2, 0.25) is 0 Å². The minimum Gasteiger partial charge on any atom is -0.397 e. The molecular formula is C11H16N2OS. The summed E-state index contributed by atoms with van der Waals surface area (Å²) >= 11 is 1.82. The Hall–Kier alpha value is -0.870. The molecule has 1 aliphatic heterocycles. The van der Waals surface area contributed by atoms with Crippen molar-refractivity contribution in [2.75, 3.05) is 18.1 Å². The van der Waals surface area contributed by atoms with Crippen LogP contribution in [-0.4, -0.2) is 18.0 Å². The van der Waals surface area contributed by atoms with Gasteiger partial charge in [0.25, 0.3) is 0 Å². The van der Waals surface area contributed by atoms with Crippen LogP contribution in [0.5, 0.6) is 0 Å². The fourth-order valence-electron chi connectivity index (χ4n) is 1.67. The van der Waals surface area contributed by atoms with Gasteiger partial charge >= 0.3 is 0 Å². The number of nitrogens with two attached hydrogens (primary N) is 2. The molecule has 2 unspecified atom stereocenters. The van der Waals surface area contributed by atoms with Crippen LogP contribution in [0, 0.1) is 0 Å². The molecular weight excluding hydrogens is 208 g/mol. The molecule has 0 amide bonds. The van der Waals surface area contributed by atoms with E-state index in [1.54, 1.807) is 0 Å². The number of hydrogen-bond acceptors (Lipinski definition) is 4. The van der Waals surface area contributed by atoms with E-state index in [1.165, 1.54) is 4.90 Å². The maximum absolute atomic E-state index is 5.76. The highest BCUT2D eigenvalue weighted by Gasteiger charge is 2.25. The van der Waals surface area contributed by atoms with Crippen LogP contribution in [0.25, 0.3) is 0 Å². The molecule has 0 bridgehead atoms. The van der Waals surface area contributed by atoms with Crippen molar-refractivity contribution in [2.45, 2.75) is 29.6 Å². The van der Waals surface area contributed by atoms with Crippen LogP contribution in [0.1, 0.15) is 13.3 Å². The van der Waals surface area contributed by atoms with Gasteiger partial charge in [0.15, 0.2) is 0 Å². The number of benzene rings is 1. The summed E-state index contributed by atoms with van der Waals surface area (Å²) in [4.78, 5) is 1.17. The number of hydrogen-bond donors (Lipinski definition) is 2. The Morgan fingerprint density at radius 1 is 1.33 bits per heavy atom. The molecule has 1 fully saturated rings. The van der Waals surface area contributed by atoms with E-state index in [9.17, 15) is 0 Å². The average molecular weight is 224 g/mol. The summed E-state index contributed by atoms with van der Waals surface area (Å²) < 4.78 is 5.51. The molecule has 0 radical (unpaired) electrons. The molecule has 1 saturated heterocycles. The number of rotatable bonds is 2. The Bertz CT molecular complexity index is 356. The van der Waals surface area contributed by atoms with E-state index in [-0.39, 0.29) is 0 Å². The van der Waals surface area contributed by atoms with E-state index >= 15 is 0 Å². The Balaban J connectivity index is 2.07. The first-order chi connectivity index (χ1) is 7.16. The predicted octanol–water partition coefficient (Wildman–Crippen LogP) is 2.12. The highest BCUT2D eigenvalue weighted by atomic mass is 32.2. The van der Waals surface area contributed by atoms with Crippen LogP contribution in [0.4, 0.5) is 11.4 Å². The van der Waals surface area contributed by atoms with Crippen molar-refractivity contribution in [3.8, 4) is 0 Å². The van der Waals surface area contributed by atoms with Crippen molar-refractivity contribution in [3.05, 3.63) is 18.2 Å². The van der Waals surface area contributed by atoms with Gasteiger partial charge in [-0.25, -0.2) is 0 Å². The minimum absolute atomic E-state index is 0.328. The molecule has 0 spiro atoms. The second-order valence-corrected chi connectivity index (χ2v) is 5.12. The van der Waals surface area contributed by atoms with Gasteiger partial charge in [0.2, 0.25) is 0 Å². The maximum Gasteiger partial charge on any atom is 0.0669 e. The van der Waals surface area contributed by atoms with Gasteiger partial charge in [0.1, 0.15) is 0 Å². The monoisotopic (exact) mass is 224 g/mol. The summed E-state index contributed by atoms with van der Waals surface area (Å²) in [5.74, 6) is 0. The van der Waals surface area contributed by atoms with Crippen molar-refractivity contribution in [2.24, 2.45) is 0 Å². The average Bonchev–Trinajstić information content (AvgIpc) is 2.59. The zero-order valence-electron chi connectivity index (χ0n) is 8.77. The van der Waals surface area contributed by atoms with E-state index in [2.05, 4.69) is 6.92 Å². The highest BCUT2D eigenvalue weighted by Crippen LogP contribution is 2.34. The van der Waals surface area contributed by atoms with E-state index in [1.807, 2.05) is 30.0 Å². The number of anilines is 2. The van der Waals surface area contributed by atoms with Crippen LogP contribution in [0.15, 0.2) is 23.1 Å². The molecule has 4 N–H and O–H groups in total. The van der Waals surface area contributed by atoms with Gasteiger partial charge in [0.05, 0.1) is 17.5 Å². The van der Waals surface area contributed by atoms with Gasteiger partial charge in [-0.1, -0.05) is 0 Å². The van der Waals surface area contributed by atoms with Crippen molar-refractivity contribution in [3.63, 3.8) is 0 Å². The first kappa shape index (κ1) is 10.6. The second kappa shape index (κ2) is 4.33. The molecule has 82 valence electrons. The van der Waals surface area contributed by atoms with Gasteiger partial charge in [-0.15, -0.1) is 11.8 Å². The smallest absolute Gasteiger partial charge is 0.0669 e. The summed E-state index contributed by atoms with van der Waals surface area (Å²) in [6.45, 7) is 2.98. The third-order valence-corrected chi connectivity index (χ3v) is 4.10. The van der Waals surface area contributed by atoms with Crippen LogP contribution in [0.3, 0.4) is 0 Å². The first-order valence-corrected chi connectivity index (χ1v) is 5.98. The third-order valence-electron chi connectivity index (χ3n) is 2.65. The normalized spacial score (nSPS) is 25.7. The second-order valence-electron chi connectivity index (χ2n) is 3.81. The van der Waals surface area contributed by atoms with Gasteiger partial charge < -0.3 is 16.2 Å². The van der Waals surface area contributed by atoms with Gasteiger partial charge in [-0.2, -0.15) is 0 Å². The molecule has 2 rings (SSSR count). The third kappa shape index (κ3) is 2.38. The lowest BCUT2D eigenvalue weighted by atomic mass is 10.2. The maximum atomic E-state index is 5.76. The summed E-state index contributed by atoms with van der Waals surface area (Å²) in [5, 5.41) is 0.535. The zero-order chi connectivity index (χ0) is 10.8. The van der Waals surface area contributed by atoms with Crippen LogP contribution in [-0.2, 0) is 4.74 Å². The van der Waals surface area contributed by atoms with Crippen molar-refractivity contribution in [1.82, 2.24) is 0 Å². The summed E-state index contributed by atoms with van der Waals surface area (Å²) in [5.41, 5.74) is 12.7. The van der Waals surface area contributed by atoms with E-state index in [0.29, 0.717) is 22.7 Å². The van der Waals surface area contributed by atoms with Crippen molar-refractivity contribution in [1.29, 1.82) is 0 Å². The topological polar surface area (TPSA) is 61.3 Å². The lowest BCUT2D eigenvalue weighted by Crippen LogP contribution is -2.12. The summed E-state index contributed by atoms with van der Waals surface area (Å²) in [6, 6.07) is 5.81. The molecule has 4 heteroatoms. The Morgan fingerprint density at radius 2 is 2.13 bits per heavy atom. The zero-order valence-corrected chi connectivity index (χ0v) is 9.59. The van der Waals surface area contributed by atoms with Crippen LogP contribution >= 0.6 is 11.8 Å². The standard InChI is InChI=1S/C11H16N2OS/c1-7-11(4-5-14-7)15-8-2-3-9(12)10(13)6-8/h2-3,6-7,11H,4-5,12-13H2,1H3. The van der Waals surface area contributed by atoms with E-state index < -0.39 is 0 Å². The molecule has 2 atom stereocenters. The predicted molar refractivity (Wildman–Crippen MR) is 64.9 cm³/mol. The lowest BCUT2D eigenvalue weighted by Gasteiger charge is -2.13. The Labute approximate surface area is 94.2 Å². The SMILES string of the molecule is CC1OCCC1Sc1ccc(N)c(N)c1. The lowest BCUT2D eigenvalue weighted by molar-refractivity contribution is 0.127. The highest BCUT2D eigenvalue weighted by molar-refractivity contribution is 8.00. The van der Waals surface area contributed by atoms with Gasteiger partial charge in [0, 0.05) is 16.8 Å². The molecule has 1 aromatic carbocycles. The van der Waals surface area contributed by atoms with Crippen LogP contribution < -0.4 is 11.5 Å². The van der Waals surface area contributed by atoms with E-state index in [0.717, 1.165) is 13.0 Å². The van der Waals surface area contributed by atoms with E-state index in [4.69, 9.17) is 16.2 Å². The van der Waals surface area contributed by atoms with Gasteiger partial charge in [-0.3, -0.25) is 0 Å². The number of thioether (sulfide) groups is 1. The largest absolute Gasteiger partial charge is 0.397 e. The van der Waals surface area contributed by atoms with Crippen molar-refractivity contribution >= 4 is 23.1 Å². The summed E-state index contributed by atoms with van der Waals surface area (Å²) in [7, 11) is 0. The molecule has 1 aliphatic rings. The molecule has 3 nitrogen and oxygen atoms in total. The fraction of sp³-hybridized carbons (Fsp3) is 0.455. The number of nitrogen functional groups attached to an aromatic ring is 2. The van der Waals surface area contributed by atoms with Gasteiger partial charge in [-0.05, 0) is 31.5 Å². The molecule has 15 heavy (non-hydrogen) atoms. The molecule has 0 aromatic heterocycles. The molecule has 0 aliphatic carbocycles. The molecule has 1 aromatic rings. The summed E-state index contributed by atoms with van der Waals surface area (Å²) in [6.07, 6.45) is 1.43. The molecule has 1 heterocycles. The Kier molecular flexibility index (Phi) is 3.07. The Morgan fingerprint density at radius 3 is 2.73 bits per heavy atom. The minimum atomic E-state index is 0.328. The quantitative estimate of drug-likeness (QED) is 0.755. The first-order valence-electron chi connectivity index (χ1n) is 5.10.